The molecule has 0 unspecified atom stereocenters. The lowest BCUT2D eigenvalue weighted by molar-refractivity contribution is 0.416. The Morgan fingerprint density at radius 1 is 1.26 bits per heavy atom. The highest BCUT2D eigenvalue weighted by molar-refractivity contribution is 9.10. The summed E-state index contributed by atoms with van der Waals surface area (Å²) in [5.41, 5.74) is 4.01. The molecule has 3 aromatic rings. The average molecular weight is 317 g/mol. The predicted octanol–water partition coefficient (Wildman–Crippen LogP) is 4.08. The van der Waals surface area contributed by atoms with Crippen LogP contribution in [0.4, 0.5) is 0 Å². The monoisotopic (exact) mass is 316 g/mol. The fourth-order valence-corrected chi connectivity index (χ4v) is 2.58. The maximum atomic E-state index is 5.42. The van der Waals surface area contributed by atoms with E-state index in [9.17, 15) is 0 Å². The molecule has 0 N–H and O–H groups in total. The van der Waals surface area contributed by atoms with Crippen molar-refractivity contribution in [2.75, 3.05) is 7.11 Å². The normalized spacial score (nSPS) is 10.9. The summed E-state index contributed by atoms with van der Waals surface area (Å²) in [5, 5.41) is 0. The van der Waals surface area contributed by atoms with Gasteiger partial charge in [0.05, 0.1) is 17.3 Å². The van der Waals surface area contributed by atoms with Gasteiger partial charge in [-0.3, -0.25) is 0 Å². The molecule has 0 amide bonds. The Hall–Kier alpha value is -1.81. The zero-order chi connectivity index (χ0) is 13.4. The van der Waals surface area contributed by atoms with Crippen molar-refractivity contribution >= 4 is 21.6 Å². The van der Waals surface area contributed by atoms with E-state index in [-0.39, 0.29) is 0 Å². The second-order valence-corrected chi connectivity index (χ2v) is 5.27. The van der Waals surface area contributed by atoms with Crippen LogP contribution in [0.2, 0.25) is 0 Å². The molecule has 2 aromatic heterocycles. The van der Waals surface area contributed by atoms with Gasteiger partial charge in [-0.05, 0) is 47.1 Å². The first-order valence-electron chi connectivity index (χ1n) is 5.97. The Balaban J connectivity index is 2.24. The summed E-state index contributed by atoms with van der Waals surface area (Å²) in [6, 6.07) is 10.1. The molecule has 0 atom stereocenters. The number of imidazole rings is 1. The van der Waals surface area contributed by atoms with Crippen LogP contribution >= 0.6 is 15.9 Å². The second-order valence-electron chi connectivity index (χ2n) is 4.42. The number of ether oxygens (including phenoxy) is 1. The van der Waals surface area contributed by atoms with Crippen LogP contribution in [0.3, 0.4) is 0 Å². The number of benzene rings is 1. The number of aromatic nitrogens is 2. The number of hydrogen-bond acceptors (Lipinski definition) is 2. The van der Waals surface area contributed by atoms with Gasteiger partial charge in [0.25, 0.3) is 0 Å². The third-order valence-corrected chi connectivity index (χ3v) is 3.69. The number of hydrogen-bond donors (Lipinski definition) is 0. The minimum absolute atomic E-state index is 0.838. The smallest absolute Gasteiger partial charge is 0.151 e. The number of fused-ring (bicyclic) bond motifs is 1. The van der Waals surface area contributed by atoms with Crippen molar-refractivity contribution in [3.63, 3.8) is 0 Å². The van der Waals surface area contributed by atoms with Crippen molar-refractivity contribution in [3.8, 4) is 17.0 Å². The number of nitrogens with zero attached hydrogens (tertiary/aromatic N) is 2. The van der Waals surface area contributed by atoms with Gasteiger partial charge in [-0.1, -0.05) is 11.6 Å². The molecule has 0 radical (unpaired) electrons. The summed E-state index contributed by atoms with van der Waals surface area (Å²) in [7, 11) is 1.68. The lowest BCUT2D eigenvalue weighted by atomic mass is 10.1. The van der Waals surface area contributed by atoms with E-state index in [1.165, 1.54) is 5.56 Å². The quantitative estimate of drug-likeness (QED) is 0.712. The van der Waals surface area contributed by atoms with Gasteiger partial charge < -0.3 is 9.14 Å². The zero-order valence-corrected chi connectivity index (χ0v) is 12.3. The van der Waals surface area contributed by atoms with Crippen molar-refractivity contribution < 1.29 is 4.74 Å². The van der Waals surface area contributed by atoms with Crippen LogP contribution in [-0.2, 0) is 0 Å². The van der Waals surface area contributed by atoms with Crippen molar-refractivity contribution in [2.24, 2.45) is 0 Å². The van der Waals surface area contributed by atoms with E-state index < -0.39 is 0 Å². The summed E-state index contributed by atoms with van der Waals surface area (Å²) in [6.07, 6.45) is 4.00. The lowest BCUT2D eigenvalue weighted by Crippen LogP contribution is -1.88. The third-order valence-electron chi connectivity index (χ3n) is 3.07. The standard InChI is InChI=1S/C15H13BrN2O/c1-10-5-6-14(19-2)11(8-10)13-9-18-7-3-4-12(16)15(18)17-13/h3-9H,1-2H3. The Bertz CT molecular complexity index is 749. The highest BCUT2D eigenvalue weighted by atomic mass is 79.9. The van der Waals surface area contributed by atoms with Gasteiger partial charge in [0.2, 0.25) is 0 Å². The Morgan fingerprint density at radius 3 is 2.84 bits per heavy atom. The molecule has 0 spiro atoms. The summed E-state index contributed by atoms with van der Waals surface area (Å²) >= 11 is 3.52. The van der Waals surface area contributed by atoms with Crippen molar-refractivity contribution in [1.82, 2.24) is 9.38 Å². The van der Waals surface area contributed by atoms with Crippen LogP contribution in [0.25, 0.3) is 16.9 Å². The van der Waals surface area contributed by atoms with E-state index in [1.54, 1.807) is 7.11 Å². The summed E-state index contributed by atoms with van der Waals surface area (Å²) < 4.78 is 8.40. The number of aryl methyl sites for hydroxylation is 1. The van der Waals surface area contributed by atoms with Crippen LogP contribution in [0, 0.1) is 6.92 Å². The van der Waals surface area contributed by atoms with Gasteiger partial charge in [-0.2, -0.15) is 0 Å². The number of methoxy groups -OCH3 is 1. The second kappa shape index (κ2) is 4.70. The van der Waals surface area contributed by atoms with Crippen LogP contribution in [-0.4, -0.2) is 16.5 Å². The number of halogens is 1. The van der Waals surface area contributed by atoms with E-state index in [0.29, 0.717) is 0 Å². The van der Waals surface area contributed by atoms with E-state index in [1.807, 2.05) is 41.1 Å². The highest BCUT2D eigenvalue weighted by Gasteiger charge is 2.11. The largest absolute Gasteiger partial charge is 0.496 e. The van der Waals surface area contributed by atoms with Gasteiger partial charge in [-0.15, -0.1) is 0 Å². The Labute approximate surface area is 120 Å². The molecule has 0 aliphatic carbocycles. The van der Waals surface area contributed by atoms with Crippen LogP contribution in [0.1, 0.15) is 5.56 Å². The molecule has 19 heavy (non-hydrogen) atoms. The van der Waals surface area contributed by atoms with Gasteiger partial charge in [0.1, 0.15) is 5.75 Å². The molecule has 0 fully saturated rings. The summed E-state index contributed by atoms with van der Waals surface area (Å²) in [5.74, 6) is 0.838. The topological polar surface area (TPSA) is 26.5 Å². The molecule has 3 nitrogen and oxygen atoms in total. The number of pyridine rings is 1. The number of rotatable bonds is 2. The van der Waals surface area contributed by atoms with Crippen LogP contribution in [0.15, 0.2) is 47.2 Å². The van der Waals surface area contributed by atoms with Gasteiger partial charge in [0.15, 0.2) is 5.65 Å². The van der Waals surface area contributed by atoms with E-state index >= 15 is 0 Å². The molecule has 1 aromatic carbocycles. The molecule has 3 rings (SSSR count). The zero-order valence-electron chi connectivity index (χ0n) is 10.7. The first-order valence-corrected chi connectivity index (χ1v) is 6.76. The van der Waals surface area contributed by atoms with Crippen molar-refractivity contribution in [1.29, 1.82) is 0 Å². The molecular weight excluding hydrogens is 304 g/mol. The molecule has 96 valence electrons. The van der Waals surface area contributed by atoms with Gasteiger partial charge >= 0.3 is 0 Å². The first kappa shape index (κ1) is 12.2. The van der Waals surface area contributed by atoms with E-state index in [2.05, 4.69) is 33.9 Å². The molecular formula is C15H13BrN2O. The molecule has 2 heterocycles. The summed E-state index contributed by atoms with van der Waals surface area (Å²) in [4.78, 5) is 4.67. The Kier molecular flexibility index (Phi) is 3.03. The maximum absolute atomic E-state index is 5.42. The third kappa shape index (κ3) is 2.12. The van der Waals surface area contributed by atoms with Crippen molar-refractivity contribution in [3.05, 3.63) is 52.8 Å². The molecule has 0 bridgehead atoms. The molecule has 0 aliphatic heterocycles. The van der Waals surface area contributed by atoms with E-state index in [0.717, 1.165) is 27.1 Å². The van der Waals surface area contributed by atoms with Crippen LogP contribution < -0.4 is 4.74 Å². The minimum Gasteiger partial charge on any atom is -0.496 e. The Morgan fingerprint density at radius 2 is 2.11 bits per heavy atom. The SMILES string of the molecule is COc1ccc(C)cc1-c1cn2cccc(Br)c2n1. The molecule has 0 aliphatic rings. The molecule has 0 saturated carbocycles. The fourth-order valence-electron chi connectivity index (χ4n) is 2.13. The highest BCUT2D eigenvalue weighted by Crippen LogP contribution is 2.31. The molecule has 4 heteroatoms. The lowest BCUT2D eigenvalue weighted by Gasteiger charge is -2.06. The van der Waals surface area contributed by atoms with Gasteiger partial charge in [-0.25, -0.2) is 4.98 Å². The van der Waals surface area contributed by atoms with Gasteiger partial charge in [0, 0.05) is 18.0 Å². The maximum Gasteiger partial charge on any atom is 0.151 e. The van der Waals surface area contributed by atoms with Crippen LogP contribution in [0.5, 0.6) is 5.75 Å². The fraction of sp³-hybridized carbons (Fsp3) is 0.133. The summed E-state index contributed by atoms with van der Waals surface area (Å²) in [6.45, 7) is 2.06. The average Bonchev–Trinajstić information content (AvgIpc) is 2.84. The molecule has 0 saturated heterocycles. The predicted molar refractivity (Wildman–Crippen MR) is 79.6 cm³/mol. The van der Waals surface area contributed by atoms with Crippen molar-refractivity contribution in [2.45, 2.75) is 6.92 Å². The first-order chi connectivity index (χ1) is 9.19. The van der Waals surface area contributed by atoms with E-state index in [4.69, 9.17) is 4.74 Å². The minimum atomic E-state index is 0.838.